The maximum absolute atomic E-state index is 13.3. The van der Waals surface area contributed by atoms with Gasteiger partial charge in [-0.1, -0.05) is 31.0 Å². The second-order valence-electron chi connectivity index (χ2n) is 8.00. The molecule has 2 aromatic rings. The Kier molecular flexibility index (Phi) is 5.56. The maximum atomic E-state index is 13.3. The van der Waals surface area contributed by atoms with E-state index in [2.05, 4.69) is 10.3 Å². The van der Waals surface area contributed by atoms with Gasteiger partial charge < -0.3 is 20.1 Å². The molecule has 0 radical (unpaired) electrons. The van der Waals surface area contributed by atoms with E-state index in [1.807, 2.05) is 29.2 Å². The number of carbonyl (C=O) groups is 3. The molecule has 29 heavy (non-hydrogen) atoms. The van der Waals surface area contributed by atoms with Crippen molar-refractivity contribution >= 4 is 28.6 Å². The molecule has 1 saturated carbocycles. The molecule has 1 aromatic heterocycles. The molecule has 7 heteroatoms. The predicted octanol–water partition coefficient (Wildman–Crippen LogP) is 2.15. The second kappa shape index (κ2) is 8.27. The minimum Gasteiger partial charge on any atom is -0.360 e. The summed E-state index contributed by atoms with van der Waals surface area (Å²) in [6, 6.07) is 7.63. The number of fused-ring (bicyclic) bond motifs is 2. The summed E-state index contributed by atoms with van der Waals surface area (Å²) in [5.41, 5.74) is 1.54. The van der Waals surface area contributed by atoms with E-state index in [4.69, 9.17) is 0 Å². The van der Waals surface area contributed by atoms with E-state index in [9.17, 15) is 14.4 Å². The van der Waals surface area contributed by atoms with Crippen molar-refractivity contribution in [1.29, 1.82) is 0 Å². The van der Waals surface area contributed by atoms with Crippen molar-refractivity contribution < 1.29 is 14.4 Å². The lowest BCUT2D eigenvalue weighted by Gasteiger charge is -2.40. The highest BCUT2D eigenvalue weighted by atomic mass is 16.2. The summed E-state index contributed by atoms with van der Waals surface area (Å²) in [7, 11) is 0. The van der Waals surface area contributed by atoms with E-state index in [1.165, 1.54) is 0 Å². The van der Waals surface area contributed by atoms with Gasteiger partial charge in [-0.05, 0) is 18.9 Å². The number of benzene rings is 1. The normalized spacial score (nSPS) is 23.4. The van der Waals surface area contributed by atoms with Crippen molar-refractivity contribution in [3.05, 3.63) is 36.0 Å². The molecule has 1 aromatic carbocycles. The van der Waals surface area contributed by atoms with Crippen molar-refractivity contribution in [2.24, 2.45) is 5.92 Å². The van der Waals surface area contributed by atoms with Crippen molar-refractivity contribution in [2.75, 3.05) is 26.2 Å². The Bertz CT molecular complexity index is 922. The molecule has 2 fully saturated rings. The maximum Gasteiger partial charge on any atom is 0.256 e. The van der Waals surface area contributed by atoms with E-state index < -0.39 is 0 Å². The smallest absolute Gasteiger partial charge is 0.256 e. The van der Waals surface area contributed by atoms with Crippen LogP contribution in [0.15, 0.2) is 30.5 Å². The molecule has 2 N–H and O–H groups in total. The number of hydrogen-bond acceptors (Lipinski definition) is 3. The number of para-hydroxylation sites is 1. The van der Waals surface area contributed by atoms with Crippen LogP contribution in [-0.4, -0.2) is 64.7 Å². The minimum absolute atomic E-state index is 0.00217. The average Bonchev–Trinajstić information content (AvgIpc) is 3.16. The first-order valence-electron chi connectivity index (χ1n) is 10.5. The van der Waals surface area contributed by atoms with Crippen LogP contribution in [0.1, 0.15) is 43.0 Å². The number of carbonyl (C=O) groups excluding carboxylic acids is 3. The number of amides is 3. The van der Waals surface area contributed by atoms with Crippen LogP contribution in [0, 0.1) is 5.92 Å². The summed E-state index contributed by atoms with van der Waals surface area (Å²) in [5.74, 6) is -0.262. The molecule has 154 valence electrons. The highest BCUT2D eigenvalue weighted by molar-refractivity contribution is 6.06. The van der Waals surface area contributed by atoms with Crippen LogP contribution in [0.5, 0.6) is 0 Å². The van der Waals surface area contributed by atoms with Crippen molar-refractivity contribution in [2.45, 2.75) is 38.6 Å². The van der Waals surface area contributed by atoms with Gasteiger partial charge in [-0.3, -0.25) is 14.4 Å². The van der Waals surface area contributed by atoms with Crippen LogP contribution in [0.4, 0.5) is 0 Å². The summed E-state index contributed by atoms with van der Waals surface area (Å²) >= 11 is 0. The van der Waals surface area contributed by atoms with Crippen LogP contribution < -0.4 is 5.32 Å². The van der Waals surface area contributed by atoms with Crippen LogP contribution in [0.25, 0.3) is 10.9 Å². The molecule has 0 spiro atoms. The van der Waals surface area contributed by atoms with Crippen LogP contribution in [0.2, 0.25) is 0 Å². The van der Waals surface area contributed by atoms with Gasteiger partial charge >= 0.3 is 0 Å². The lowest BCUT2D eigenvalue weighted by atomic mass is 9.82. The highest BCUT2D eigenvalue weighted by Gasteiger charge is 2.37. The molecule has 0 bridgehead atoms. The minimum atomic E-state index is -0.150. The van der Waals surface area contributed by atoms with Gasteiger partial charge in [0.05, 0.1) is 11.5 Å². The van der Waals surface area contributed by atoms with Gasteiger partial charge in [-0.2, -0.15) is 0 Å². The van der Waals surface area contributed by atoms with E-state index in [1.54, 1.807) is 18.0 Å². The molecular weight excluding hydrogens is 368 g/mol. The topological polar surface area (TPSA) is 85.5 Å². The van der Waals surface area contributed by atoms with Crippen molar-refractivity contribution in [3.63, 3.8) is 0 Å². The quantitative estimate of drug-likeness (QED) is 0.775. The molecule has 1 aliphatic carbocycles. The standard InChI is InChI=1S/C22H28N4O3/c1-15(27)26-13-12-25(11-10-23-21(28)17-7-3-5-9-20(17)26)22(29)18-14-24-19-8-4-2-6-16(18)19/h2,4,6,8,14,17,20,24H,3,5,7,9-13H2,1H3,(H,23,28)/t17-,20+/m0/s1. The van der Waals surface area contributed by atoms with Crippen molar-refractivity contribution in [1.82, 2.24) is 20.1 Å². The van der Waals surface area contributed by atoms with Gasteiger partial charge in [-0.25, -0.2) is 0 Å². The molecular formula is C22H28N4O3. The third-order valence-electron chi connectivity index (χ3n) is 6.27. The number of nitrogens with one attached hydrogen (secondary N) is 2. The highest BCUT2D eigenvalue weighted by Crippen LogP contribution is 2.29. The van der Waals surface area contributed by atoms with Gasteiger partial charge in [0.1, 0.15) is 0 Å². The Hall–Kier alpha value is -2.83. The zero-order valence-electron chi connectivity index (χ0n) is 16.8. The summed E-state index contributed by atoms with van der Waals surface area (Å²) in [6.45, 7) is 3.32. The Balaban J connectivity index is 1.58. The number of nitrogens with zero attached hydrogens (tertiary/aromatic N) is 2. The Morgan fingerprint density at radius 2 is 1.86 bits per heavy atom. The third-order valence-corrected chi connectivity index (χ3v) is 6.27. The van der Waals surface area contributed by atoms with E-state index >= 15 is 0 Å². The monoisotopic (exact) mass is 396 g/mol. The van der Waals surface area contributed by atoms with Gasteiger partial charge in [0.25, 0.3) is 5.91 Å². The number of hydrogen-bond donors (Lipinski definition) is 2. The lowest BCUT2D eigenvalue weighted by molar-refractivity contribution is -0.137. The van der Waals surface area contributed by atoms with E-state index in [0.29, 0.717) is 31.7 Å². The Labute approximate surface area is 170 Å². The summed E-state index contributed by atoms with van der Waals surface area (Å²) in [6.07, 6.45) is 5.44. The van der Waals surface area contributed by atoms with Gasteiger partial charge in [0.15, 0.2) is 0 Å². The predicted molar refractivity (Wildman–Crippen MR) is 110 cm³/mol. The molecule has 4 rings (SSSR count). The fourth-order valence-electron chi connectivity index (χ4n) is 4.75. The largest absolute Gasteiger partial charge is 0.360 e. The van der Waals surface area contributed by atoms with Crippen LogP contribution in [0.3, 0.4) is 0 Å². The number of aromatic nitrogens is 1. The third kappa shape index (κ3) is 3.86. The first-order valence-corrected chi connectivity index (χ1v) is 10.5. The first kappa shape index (κ1) is 19.5. The second-order valence-corrected chi connectivity index (χ2v) is 8.00. The molecule has 1 aliphatic heterocycles. The summed E-state index contributed by atoms with van der Waals surface area (Å²) < 4.78 is 0. The van der Waals surface area contributed by atoms with Crippen LogP contribution >= 0.6 is 0 Å². The van der Waals surface area contributed by atoms with E-state index in [-0.39, 0.29) is 29.7 Å². The molecule has 2 heterocycles. The number of H-pyrrole nitrogens is 1. The number of aromatic amines is 1. The van der Waals surface area contributed by atoms with Gasteiger partial charge in [0, 0.05) is 56.2 Å². The van der Waals surface area contributed by atoms with Crippen molar-refractivity contribution in [3.8, 4) is 0 Å². The fourth-order valence-corrected chi connectivity index (χ4v) is 4.75. The molecule has 7 nitrogen and oxygen atoms in total. The zero-order chi connectivity index (χ0) is 20.4. The summed E-state index contributed by atoms with van der Waals surface area (Å²) in [5, 5.41) is 3.88. The number of rotatable bonds is 1. The van der Waals surface area contributed by atoms with E-state index in [0.717, 1.165) is 36.6 Å². The molecule has 3 amide bonds. The molecule has 2 aliphatic rings. The first-order chi connectivity index (χ1) is 14.1. The van der Waals surface area contributed by atoms with Gasteiger partial charge in [-0.15, -0.1) is 0 Å². The zero-order valence-corrected chi connectivity index (χ0v) is 16.8. The molecule has 0 unspecified atom stereocenters. The fraction of sp³-hybridized carbons (Fsp3) is 0.500. The van der Waals surface area contributed by atoms with Gasteiger partial charge in [0.2, 0.25) is 11.8 Å². The Morgan fingerprint density at radius 1 is 1.07 bits per heavy atom. The SMILES string of the molecule is CC(=O)N1CCN(C(=O)c2c[nH]c3ccccc23)CCNC(=O)[C@H]2CCCC[C@H]21. The Morgan fingerprint density at radius 3 is 2.69 bits per heavy atom. The average molecular weight is 396 g/mol. The molecule has 2 atom stereocenters. The lowest BCUT2D eigenvalue weighted by Crippen LogP contribution is -2.55. The summed E-state index contributed by atoms with van der Waals surface area (Å²) in [4.78, 5) is 45.1. The van der Waals surface area contributed by atoms with Crippen LogP contribution in [-0.2, 0) is 9.59 Å². The molecule has 1 saturated heterocycles.